The lowest BCUT2D eigenvalue weighted by Crippen LogP contribution is -2.10. The minimum Gasteiger partial charge on any atom is -0.330 e. The molecule has 54 valence electrons. The molecular formula is C8H17N. The van der Waals surface area contributed by atoms with Crippen molar-refractivity contribution in [3.05, 3.63) is 0 Å². The molecule has 2 N–H and O–H groups in total. The van der Waals surface area contributed by atoms with Gasteiger partial charge < -0.3 is 5.73 Å². The number of rotatable bonds is 1. The Kier molecular flexibility index (Phi) is 2.12. The lowest BCUT2D eigenvalue weighted by Gasteiger charge is -2.04. The normalized spacial score (nSPS) is 43.7. The average molecular weight is 127 g/mol. The highest BCUT2D eigenvalue weighted by Crippen LogP contribution is 2.34. The molecule has 1 rings (SSSR count). The molecule has 0 spiro atoms. The second kappa shape index (κ2) is 2.70. The van der Waals surface area contributed by atoms with Gasteiger partial charge in [0.2, 0.25) is 0 Å². The molecular weight excluding hydrogens is 110 g/mol. The van der Waals surface area contributed by atoms with Crippen LogP contribution >= 0.6 is 0 Å². The van der Waals surface area contributed by atoms with E-state index in [2.05, 4.69) is 13.8 Å². The van der Waals surface area contributed by atoms with E-state index in [1.807, 2.05) is 0 Å². The fraction of sp³-hybridized carbons (Fsp3) is 1.00. The van der Waals surface area contributed by atoms with Crippen LogP contribution in [0.15, 0.2) is 0 Å². The van der Waals surface area contributed by atoms with Crippen LogP contribution in [0.1, 0.15) is 26.7 Å². The third kappa shape index (κ3) is 1.45. The summed E-state index contributed by atoms with van der Waals surface area (Å²) in [7, 11) is 0. The van der Waals surface area contributed by atoms with Gasteiger partial charge >= 0.3 is 0 Å². The third-order valence-electron chi connectivity index (χ3n) is 2.71. The maximum atomic E-state index is 5.56. The Morgan fingerprint density at radius 2 is 1.67 bits per heavy atom. The Labute approximate surface area is 57.6 Å². The molecule has 1 aliphatic rings. The van der Waals surface area contributed by atoms with Crippen LogP contribution in [-0.2, 0) is 0 Å². The van der Waals surface area contributed by atoms with E-state index in [-0.39, 0.29) is 0 Å². The van der Waals surface area contributed by atoms with E-state index in [0.29, 0.717) is 0 Å². The third-order valence-corrected chi connectivity index (χ3v) is 2.71. The molecule has 0 amide bonds. The lowest BCUT2D eigenvalue weighted by atomic mass is 10.0. The maximum Gasteiger partial charge on any atom is -0.00487 e. The molecule has 1 fully saturated rings. The zero-order chi connectivity index (χ0) is 6.85. The van der Waals surface area contributed by atoms with Gasteiger partial charge in [0.15, 0.2) is 0 Å². The van der Waals surface area contributed by atoms with Crippen LogP contribution in [0.4, 0.5) is 0 Å². The first kappa shape index (κ1) is 7.07. The van der Waals surface area contributed by atoms with Crippen molar-refractivity contribution in [3.63, 3.8) is 0 Å². The lowest BCUT2D eigenvalue weighted by molar-refractivity contribution is 0.457. The minimum atomic E-state index is 0.829. The Morgan fingerprint density at radius 1 is 1.22 bits per heavy atom. The van der Waals surface area contributed by atoms with Crippen LogP contribution in [-0.4, -0.2) is 6.54 Å². The molecule has 0 aromatic heterocycles. The quantitative estimate of drug-likeness (QED) is 0.569. The van der Waals surface area contributed by atoms with Crippen LogP contribution in [0.3, 0.4) is 0 Å². The highest BCUT2D eigenvalue weighted by molar-refractivity contribution is 4.78. The summed E-state index contributed by atoms with van der Waals surface area (Å²) in [6.45, 7) is 5.56. The van der Waals surface area contributed by atoms with Gasteiger partial charge in [-0.2, -0.15) is 0 Å². The van der Waals surface area contributed by atoms with Gasteiger partial charge in [-0.1, -0.05) is 13.8 Å². The van der Waals surface area contributed by atoms with E-state index in [9.17, 15) is 0 Å². The smallest absolute Gasteiger partial charge is 0.00487 e. The zero-order valence-corrected chi connectivity index (χ0v) is 6.43. The highest BCUT2D eigenvalue weighted by atomic mass is 14.6. The van der Waals surface area contributed by atoms with Crippen molar-refractivity contribution in [2.75, 3.05) is 6.54 Å². The van der Waals surface area contributed by atoms with Crippen LogP contribution in [0, 0.1) is 17.8 Å². The summed E-state index contributed by atoms with van der Waals surface area (Å²) in [5, 5.41) is 0. The Hall–Kier alpha value is -0.0400. The van der Waals surface area contributed by atoms with Crippen molar-refractivity contribution in [3.8, 4) is 0 Å². The van der Waals surface area contributed by atoms with Crippen LogP contribution in [0.25, 0.3) is 0 Å². The second-order valence-corrected chi connectivity index (χ2v) is 3.53. The molecule has 1 nitrogen and oxygen atoms in total. The topological polar surface area (TPSA) is 26.0 Å². The molecule has 1 unspecified atom stereocenters. The SMILES string of the molecule is C[C@@H]1CC(CN)C[C@@H]1C. The molecule has 0 aliphatic heterocycles. The van der Waals surface area contributed by atoms with Gasteiger partial charge in [-0.3, -0.25) is 0 Å². The Bertz CT molecular complexity index is 80.6. The summed E-state index contributed by atoms with van der Waals surface area (Å²) in [6.07, 6.45) is 2.72. The summed E-state index contributed by atoms with van der Waals surface area (Å²) in [4.78, 5) is 0. The molecule has 0 bridgehead atoms. The first-order valence-corrected chi connectivity index (χ1v) is 3.94. The van der Waals surface area contributed by atoms with Crippen LogP contribution < -0.4 is 5.73 Å². The van der Waals surface area contributed by atoms with Gasteiger partial charge in [0.25, 0.3) is 0 Å². The second-order valence-electron chi connectivity index (χ2n) is 3.53. The number of hydrogen-bond donors (Lipinski definition) is 1. The minimum absolute atomic E-state index is 0.829. The molecule has 0 saturated heterocycles. The molecule has 0 aromatic carbocycles. The van der Waals surface area contributed by atoms with Gasteiger partial charge in [-0.15, -0.1) is 0 Å². The molecule has 1 aliphatic carbocycles. The van der Waals surface area contributed by atoms with Gasteiger partial charge in [0, 0.05) is 0 Å². The Balaban J connectivity index is 2.35. The van der Waals surface area contributed by atoms with Gasteiger partial charge in [0.1, 0.15) is 0 Å². The number of nitrogens with two attached hydrogens (primary N) is 1. The fourth-order valence-corrected chi connectivity index (χ4v) is 1.80. The summed E-state index contributed by atoms with van der Waals surface area (Å²) in [5.41, 5.74) is 5.56. The van der Waals surface area contributed by atoms with Gasteiger partial charge in [-0.05, 0) is 37.1 Å². The fourth-order valence-electron chi connectivity index (χ4n) is 1.80. The van der Waals surface area contributed by atoms with E-state index < -0.39 is 0 Å². The predicted octanol–water partition coefficient (Wildman–Crippen LogP) is 1.63. The summed E-state index contributed by atoms with van der Waals surface area (Å²) in [6, 6.07) is 0. The molecule has 1 saturated carbocycles. The standard InChI is InChI=1S/C8H17N/c1-6-3-8(5-9)4-7(6)2/h6-8H,3-5,9H2,1-2H3/t6-,7+,8?. The summed E-state index contributed by atoms with van der Waals surface area (Å²) in [5.74, 6) is 2.66. The molecule has 0 heterocycles. The van der Waals surface area contributed by atoms with Gasteiger partial charge in [-0.25, -0.2) is 0 Å². The molecule has 1 heteroatoms. The largest absolute Gasteiger partial charge is 0.330 e. The Morgan fingerprint density at radius 3 is 1.89 bits per heavy atom. The average Bonchev–Trinajstić information content (AvgIpc) is 2.13. The van der Waals surface area contributed by atoms with Crippen molar-refractivity contribution in [2.24, 2.45) is 23.5 Å². The van der Waals surface area contributed by atoms with Crippen molar-refractivity contribution in [1.29, 1.82) is 0 Å². The first-order chi connectivity index (χ1) is 4.24. The first-order valence-electron chi connectivity index (χ1n) is 3.94. The van der Waals surface area contributed by atoms with Crippen molar-refractivity contribution < 1.29 is 0 Å². The van der Waals surface area contributed by atoms with Crippen LogP contribution in [0.2, 0.25) is 0 Å². The zero-order valence-electron chi connectivity index (χ0n) is 6.43. The molecule has 0 radical (unpaired) electrons. The van der Waals surface area contributed by atoms with E-state index >= 15 is 0 Å². The molecule has 9 heavy (non-hydrogen) atoms. The highest BCUT2D eigenvalue weighted by Gasteiger charge is 2.26. The predicted molar refractivity (Wildman–Crippen MR) is 40.1 cm³/mol. The number of hydrogen-bond acceptors (Lipinski definition) is 1. The van der Waals surface area contributed by atoms with Crippen molar-refractivity contribution >= 4 is 0 Å². The van der Waals surface area contributed by atoms with Crippen LogP contribution in [0.5, 0.6) is 0 Å². The maximum absolute atomic E-state index is 5.56. The van der Waals surface area contributed by atoms with E-state index in [1.165, 1.54) is 12.8 Å². The van der Waals surface area contributed by atoms with Crippen molar-refractivity contribution in [2.45, 2.75) is 26.7 Å². The van der Waals surface area contributed by atoms with E-state index in [0.717, 1.165) is 24.3 Å². The van der Waals surface area contributed by atoms with E-state index in [1.54, 1.807) is 0 Å². The summed E-state index contributed by atoms with van der Waals surface area (Å²) < 4.78 is 0. The monoisotopic (exact) mass is 127 g/mol. The van der Waals surface area contributed by atoms with Gasteiger partial charge in [0.05, 0.1) is 0 Å². The van der Waals surface area contributed by atoms with Crippen molar-refractivity contribution in [1.82, 2.24) is 0 Å². The summed E-state index contributed by atoms with van der Waals surface area (Å²) >= 11 is 0. The van der Waals surface area contributed by atoms with E-state index in [4.69, 9.17) is 5.73 Å². The molecule has 3 atom stereocenters. The molecule has 0 aromatic rings.